The summed E-state index contributed by atoms with van der Waals surface area (Å²) in [5.74, 6) is 5.25. The van der Waals surface area contributed by atoms with Gasteiger partial charge in [0, 0.05) is 11.8 Å². The SMILES string of the molecule is Nc1nc(C2CC2)nc(C2CC3CCC2C3)n1. The molecule has 0 radical (unpaired) electrons. The first-order valence-corrected chi connectivity index (χ1v) is 6.81. The van der Waals surface area contributed by atoms with Crippen LogP contribution < -0.4 is 5.73 Å². The molecule has 0 aliphatic heterocycles. The van der Waals surface area contributed by atoms with Gasteiger partial charge in [-0.3, -0.25) is 0 Å². The fourth-order valence-electron chi connectivity index (χ4n) is 3.68. The smallest absolute Gasteiger partial charge is 0.223 e. The van der Waals surface area contributed by atoms with Crippen LogP contribution in [0.25, 0.3) is 0 Å². The van der Waals surface area contributed by atoms with E-state index >= 15 is 0 Å². The predicted molar refractivity (Wildman–Crippen MR) is 64.4 cm³/mol. The van der Waals surface area contributed by atoms with Crippen LogP contribution in [0.3, 0.4) is 0 Å². The fraction of sp³-hybridized carbons (Fsp3) is 0.769. The van der Waals surface area contributed by atoms with Gasteiger partial charge in [-0.25, -0.2) is 4.98 Å². The van der Waals surface area contributed by atoms with Crippen molar-refractivity contribution in [1.29, 1.82) is 0 Å². The maximum Gasteiger partial charge on any atom is 0.223 e. The van der Waals surface area contributed by atoms with Crippen LogP contribution in [0, 0.1) is 11.8 Å². The summed E-state index contributed by atoms with van der Waals surface area (Å²) in [6.07, 6.45) is 7.88. The Bertz CT molecular complexity index is 455. The fourth-order valence-corrected chi connectivity index (χ4v) is 3.68. The molecule has 4 rings (SSSR count). The van der Waals surface area contributed by atoms with Crippen LogP contribution in [0.5, 0.6) is 0 Å². The molecule has 3 aliphatic rings. The number of nitrogens with two attached hydrogens (primary N) is 1. The molecule has 17 heavy (non-hydrogen) atoms. The highest BCUT2D eigenvalue weighted by atomic mass is 15.1. The third kappa shape index (κ3) is 1.61. The number of hydrogen-bond donors (Lipinski definition) is 1. The summed E-state index contributed by atoms with van der Waals surface area (Å²) >= 11 is 0. The van der Waals surface area contributed by atoms with E-state index in [1.165, 1.54) is 38.5 Å². The van der Waals surface area contributed by atoms with Gasteiger partial charge in [-0.05, 0) is 43.9 Å². The Morgan fingerprint density at radius 2 is 1.71 bits per heavy atom. The van der Waals surface area contributed by atoms with E-state index in [0.717, 1.165) is 23.5 Å². The van der Waals surface area contributed by atoms with Gasteiger partial charge in [0.1, 0.15) is 11.6 Å². The quantitative estimate of drug-likeness (QED) is 0.846. The standard InChI is InChI=1S/C13H18N4/c14-13-16-11(8-3-4-8)15-12(17-13)10-6-7-1-2-9(10)5-7/h7-10H,1-6H2,(H2,14,15,16,17). The van der Waals surface area contributed by atoms with E-state index in [0.29, 0.717) is 17.8 Å². The number of rotatable bonds is 2. The Morgan fingerprint density at radius 1 is 0.882 bits per heavy atom. The maximum atomic E-state index is 5.83. The second kappa shape index (κ2) is 3.40. The molecule has 2 bridgehead atoms. The van der Waals surface area contributed by atoms with Crippen molar-refractivity contribution in [3.05, 3.63) is 11.6 Å². The molecule has 3 fully saturated rings. The molecule has 2 N–H and O–H groups in total. The van der Waals surface area contributed by atoms with Crippen molar-refractivity contribution < 1.29 is 0 Å². The number of fused-ring (bicyclic) bond motifs is 2. The molecular weight excluding hydrogens is 212 g/mol. The lowest BCUT2D eigenvalue weighted by Gasteiger charge is -2.20. The summed E-state index contributed by atoms with van der Waals surface area (Å²) in [4.78, 5) is 13.4. The molecule has 4 nitrogen and oxygen atoms in total. The Kier molecular flexibility index (Phi) is 1.96. The van der Waals surface area contributed by atoms with Crippen molar-refractivity contribution in [3.63, 3.8) is 0 Å². The topological polar surface area (TPSA) is 64.7 Å². The lowest BCUT2D eigenvalue weighted by molar-refractivity contribution is 0.403. The van der Waals surface area contributed by atoms with E-state index in [1.54, 1.807) is 0 Å². The Hall–Kier alpha value is -1.19. The van der Waals surface area contributed by atoms with Gasteiger partial charge in [0.2, 0.25) is 5.95 Å². The molecule has 0 amide bonds. The van der Waals surface area contributed by atoms with Crippen molar-refractivity contribution in [2.24, 2.45) is 11.8 Å². The van der Waals surface area contributed by atoms with Crippen LogP contribution in [-0.2, 0) is 0 Å². The summed E-state index contributed by atoms with van der Waals surface area (Å²) in [6, 6.07) is 0. The number of hydrogen-bond acceptors (Lipinski definition) is 4. The minimum atomic E-state index is 0.430. The molecule has 1 aromatic rings. The van der Waals surface area contributed by atoms with Crippen LogP contribution in [0.4, 0.5) is 5.95 Å². The molecule has 0 aromatic carbocycles. The second-order valence-electron chi connectivity index (χ2n) is 5.97. The highest BCUT2D eigenvalue weighted by molar-refractivity contribution is 5.22. The molecule has 4 heteroatoms. The molecule has 0 saturated heterocycles. The number of anilines is 1. The Labute approximate surface area is 101 Å². The van der Waals surface area contributed by atoms with E-state index in [1.807, 2.05) is 0 Å². The van der Waals surface area contributed by atoms with Crippen molar-refractivity contribution in [2.45, 2.75) is 50.4 Å². The van der Waals surface area contributed by atoms with Gasteiger partial charge < -0.3 is 5.73 Å². The zero-order valence-corrected chi connectivity index (χ0v) is 9.97. The summed E-state index contributed by atoms with van der Waals surface area (Å²) < 4.78 is 0. The third-order valence-corrected chi connectivity index (χ3v) is 4.70. The highest BCUT2D eigenvalue weighted by Gasteiger charge is 2.42. The van der Waals surface area contributed by atoms with Gasteiger partial charge in [-0.15, -0.1) is 0 Å². The molecule has 0 spiro atoms. The lowest BCUT2D eigenvalue weighted by atomic mass is 9.88. The molecule has 90 valence electrons. The maximum absolute atomic E-state index is 5.83. The molecule has 1 aromatic heterocycles. The minimum Gasteiger partial charge on any atom is -0.368 e. The van der Waals surface area contributed by atoms with E-state index in [-0.39, 0.29) is 0 Å². The van der Waals surface area contributed by atoms with Crippen LogP contribution in [0.1, 0.15) is 62.0 Å². The van der Waals surface area contributed by atoms with Gasteiger partial charge in [0.05, 0.1) is 0 Å². The minimum absolute atomic E-state index is 0.430. The van der Waals surface area contributed by atoms with Gasteiger partial charge in [0.25, 0.3) is 0 Å². The first-order chi connectivity index (χ1) is 8.29. The van der Waals surface area contributed by atoms with Crippen LogP contribution in [0.2, 0.25) is 0 Å². The van der Waals surface area contributed by atoms with Gasteiger partial charge in [-0.2, -0.15) is 9.97 Å². The summed E-state index contributed by atoms with van der Waals surface area (Å²) in [5.41, 5.74) is 5.83. The summed E-state index contributed by atoms with van der Waals surface area (Å²) in [6.45, 7) is 0. The normalized spacial score (nSPS) is 35.4. The summed E-state index contributed by atoms with van der Waals surface area (Å²) in [5, 5.41) is 0. The average Bonchev–Trinajstić information content (AvgIpc) is 2.97. The molecule has 3 saturated carbocycles. The van der Waals surface area contributed by atoms with Crippen molar-refractivity contribution in [3.8, 4) is 0 Å². The van der Waals surface area contributed by atoms with Crippen LogP contribution >= 0.6 is 0 Å². The Balaban J connectivity index is 1.68. The van der Waals surface area contributed by atoms with E-state index in [4.69, 9.17) is 10.7 Å². The number of nitrogen functional groups attached to an aromatic ring is 1. The molecule has 1 heterocycles. The van der Waals surface area contributed by atoms with E-state index in [9.17, 15) is 0 Å². The summed E-state index contributed by atoms with van der Waals surface area (Å²) in [7, 11) is 0. The van der Waals surface area contributed by atoms with Crippen molar-refractivity contribution in [1.82, 2.24) is 15.0 Å². The molecule has 3 unspecified atom stereocenters. The first-order valence-electron chi connectivity index (χ1n) is 6.81. The second-order valence-corrected chi connectivity index (χ2v) is 5.97. The van der Waals surface area contributed by atoms with E-state index < -0.39 is 0 Å². The van der Waals surface area contributed by atoms with Gasteiger partial charge in [-0.1, -0.05) is 6.42 Å². The number of nitrogens with zero attached hydrogens (tertiary/aromatic N) is 3. The first kappa shape index (κ1) is 9.80. The van der Waals surface area contributed by atoms with E-state index in [2.05, 4.69) is 9.97 Å². The Morgan fingerprint density at radius 3 is 2.35 bits per heavy atom. The van der Waals surface area contributed by atoms with Crippen LogP contribution in [-0.4, -0.2) is 15.0 Å². The molecule has 3 atom stereocenters. The number of aromatic nitrogens is 3. The molecule has 3 aliphatic carbocycles. The predicted octanol–water partition coefficient (Wildman–Crippen LogP) is 2.23. The van der Waals surface area contributed by atoms with Crippen molar-refractivity contribution in [2.75, 3.05) is 5.73 Å². The highest BCUT2D eigenvalue weighted by Crippen LogP contribution is 2.52. The zero-order valence-electron chi connectivity index (χ0n) is 9.97. The van der Waals surface area contributed by atoms with Gasteiger partial charge >= 0.3 is 0 Å². The largest absolute Gasteiger partial charge is 0.368 e. The lowest BCUT2D eigenvalue weighted by Crippen LogP contribution is -2.15. The van der Waals surface area contributed by atoms with Gasteiger partial charge in [0.15, 0.2) is 0 Å². The van der Waals surface area contributed by atoms with Crippen molar-refractivity contribution >= 4 is 5.95 Å². The molecular formula is C13H18N4. The zero-order chi connectivity index (χ0) is 11.4. The van der Waals surface area contributed by atoms with Crippen LogP contribution in [0.15, 0.2) is 0 Å². The monoisotopic (exact) mass is 230 g/mol. The average molecular weight is 230 g/mol. The third-order valence-electron chi connectivity index (χ3n) is 4.70.